The molecule has 1 fully saturated rings. The molecule has 0 saturated carbocycles. The lowest BCUT2D eigenvalue weighted by atomic mass is 9.87. The number of nitrogens with one attached hydrogen (secondary N) is 1. The van der Waals surface area contributed by atoms with Crippen molar-refractivity contribution in [2.24, 2.45) is 0 Å². The molecule has 28 heavy (non-hydrogen) atoms. The summed E-state index contributed by atoms with van der Waals surface area (Å²) >= 11 is 0. The number of anilines is 1. The lowest BCUT2D eigenvalue weighted by Gasteiger charge is -2.17. The standard InChI is InChI=1S/C21H19FN2O4/c1-2-27-21(26)14-4-3-13(11-15(14)22)24-20(25)19-17-6-5-16(28-17)18(19)12-7-9-23-10-8-12/h3-4,7-11,16-17H,2,5-6H2,1H3,(H,24,25)/t16-,17+/m1/s1. The highest BCUT2D eigenvalue weighted by Crippen LogP contribution is 2.44. The average molecular weight is 382 g/mol. The van der Waals surface area contributed by atoms with Crippen LogP contribution in [0.1, 0.15) is 35.7 Å². The Balaban J connectivity index is 1.60. The van der Waals surface area contributed by atoms with E-state index >= 15 is 0 Å². The number of esters is 1. The van der Waals surface area contributed by atoms with Gasteiger partial charge in [-0.25, -0.2) is 9.18 Å². The van der Waals surface area contributed by atoms with Gasteiger partial charge in [0.1, 0.15) is 5.82 Å². The van der Waals surface area contributed by atoms with E-state index in [0.29, 0.717) is 5.57 Å². The van der Waals surface area contributed by atoms with Crippen molar-refractivity contribution < 1.29 is 23.5 Å². The number of benzene rings is 1. The van der Waals surface area contributed by atoms with Gasteiger partial charge in [-0.1, -0.05) is 0 Å². The number of hydrogen-bond acceptors (Lipinski definition) is 5. The Morgan fingerprint density at radius 2 is 1.96 bits per heavy atom. The minimum Gasteiger partial charge on any atom is -0.462 e. The van der Waals surface area contributed by atoms with Gasteiger partial charge in [0.15, 0.2) is 0 Å². The van der Waals surface area contributed by atoms with Crippen molar-refractivity contribution in [3.63, 3.8) is 0 Å². The Hall–Kier alpha value is -3.06. The number of hydrogen-bond donors (Lipinski definition) is 1. The van der Waals surface area contributed by atoms with E-state index in [0.717, 1.165) is 30.0 Å². The highest BCUT2D eigenvalue weighted by Gasteiger charge is 2.43. The maximum atomic E-state index is 14.2. The molecule has 0 aliphatic carbocycles. The monoisotopic (exact) mass is 382 g/mol. The summed E-state index contributed by atoms with van der Waals surface area (Å²) in [4.78, 5) is 28.7. The number of fused-ring (bicyclic) bond motifs is 2. The fourth-order valence-electron chi connectivity index (χ4n) is 3.72. The third kappa shape index (κ3) is 3.29. The Bertz CT molecular complexity index is 958. The minimum absolute atomic E-state index is 0.115. The van der Waals surface area contributed by atoms with E-state index in [1.54, 1.807) is 19.3 Å². The van der Waals surface area contributed by atoms with E-state index in [1.165, 1.54) is 12.1 Å². The number of ether oxygens (including phenoxy) is 2. The highest BCUT2D eigenvalue weighted by molar-refractivity contribution is 6.11. The first kappa shape index (κ1) is 18.3. The second kappa shape index (κ2) is 7.52. The van der Waals surface area contributed by atoms with E-state index in [4.69, 9.17) is 9.47 Å². The van der Waals surface area contributed by atoms with Crippen molar-refractivity contribution in [2.75, 3.05) is 11.9 Å². The fourth-order valence-corrected chi connectivity index (χ4v) is 3.72. The third-order valence-electron chi connectivity index (χ3n) is 4.91. The van der Waals surface area contributed by atoms with Gasteiger partial charge in [0.25, 0.3) is 5.91 Å². The number of halogens is 1. The normalized spacial score (nSPS) is 20.4. The summed E-state index contributed by atoms with van der Waals surface area (Å²) in [7, 11) is 0. The van der Waals surface area contributed by atoms with Gasteiger partial charge in [0, 0.05) is 18.1 Å². The van der Waals surface area contributed by atoms with Crippen molar-refractivity contribution in [2.45, 2.75) is 32.0 Å². The van der Waals surface area contributed by atoms with Crippen molar-refractivity contribution in [3.8, 4) is 0 Å². The van der Waals surface area contributed by atoms with Gasteiger partial charge in [0.2, 0.25) is 0 Å². The zero-order valence-corrected chi connectivity index (χ0v) is 15.3. The van der Waals surface area contributed by atoms with Crippen LogP contribution in [0.4, 0.5) is 10.1 Å². The van der Waals surface area contributed by atoms with Gasteiger partial charge in [-0.15, -0.1) is 0 Å². The number of carbonyl (C=O) groups excluding carboxylic acids is 2. The SMILES string of the molecule is CCOC(=O)c1ccc(NC(=O)C2=C(c3ccncc3)[C@H]3CC[C@@H]2O3)cc1F. The molecule has 1 amide bonds. The van der Waals surface area contributed by atoms with E-state index < -0.39 is 11.8 Å². The Kier molecular flexibility index (Phi) is 4.92. The van der Waals surface area contributed by atoms with E-state index in [-0.39, 0.29) is 36.0 Å². The maximum Gasteiger partial charge on any atom is 0.341 e. The summed E-state index contributed by atoms with van der Waals surface area (Å²) in [6, 6.07) is 7.60. The summed E-state index contributed by atoms with van der Waals surface area (Å²) in [6.07, 6.45) is 4.61. The first-order valence-corrected chi connectivity index (χ1v) is 9.16. The number of amides is 1. The first-order valence-electron chi connectivity index (χ1n) is 9.16. The van der Waals surface area contributed by atoms with Gasteiger partial charge in [-0.05, 0) is 61.2 Å². The number of aromatic nitrogens is 1. The third-order valence-corrected chi connectivity index (χ3v) is 4.91. The number of nitrogens with zero attached hydrogens (tertiary/aromatic N) is 1. The lowest BCUT2D eigenvalue weighted by Crippen LogP contribution is -2.23. The molecule has 1 saturated heterocycles. The number of rotatable bonds is 5. The summed E-state index contributed by atoms with van der Waals surface area (Å²) in [5, 5.41) is 2.72. The van der Waals surface area contributed by atoms with Crippen LogP contribution in [0.5, 0.6) is 0 Å². The predicted octanol–water partition coefficient (Wildman–Crippen LogP) is 3.35. The molecule has 2 atom stereocenters. The molecule has 6 nitrogen and oxygen atoms in total. The molecule has 1 N–H and O–H groups in total. The van der Waals surface area contributed by atoms with Crippen LogP contribution >= 0.6 is 0 Å². The molecule has 1 aromatic heterocycles. The molecule has 2 bridgehead atoms. The van der Waals surface area contributed by atoms with Gasteiger partial charge in [-0.3, -0.25) is 9.78 Å². The minimum atomic E-state index is -0.747. The molecule has 1 aromatic carbocycles. The Morgan fingerprint density at radius 1 is 1.21 bits per heavy atom. The van der Waals surface area contributed by atoms with Crippen LogP contribution < -0.4 is 5.32 Å². The molecule has 2 aliphatic rings. The van der Waals surface area contributed by atoms with Gasteiger partial charge < -0.3 is 14.8 Å². The summed E-state index contributed by atoms with van der Waals surface area (Å²) in [6.45, 7) is 1.81. The van der Waals surface area contributed by atoms with Crippen LogP contribution in [-0.2, 0) is 14.3 Å². The largest absolute Gasteiger partial charge is 0.462 e. The smallest absolute Gasteiger partial charge is 0.341 e. The van der Waals surface area contributed by atoms with E-state index in [9.17, 15) is 14.0 Å². The average Bonchev–Trinajstić information content (AvgIpc) is 3.30. The predicted molar refractivity (Wildman–Crippen MR) is 100 cm³/mol. The second-order valence-electron chi connectivity index (χ2n) is 6.62. The summed E-state index contributed by atoms with van der Waals surface area (Å²) in [5.41, 5.74) is 2.42. The van der Waals surface area contributed by atoms with Crippen LogP contribution in [-0.4, -0.2) is 35.7 Å². The number of pyridine rings is 1. The van der Waals surface area contributed by atoms with Gasteiger partial charge >= 0.3 is 5.97 Å². The van der Waals surface area contributed by atoms with Gasteiger partial charge in [0.05, 0.1) is 30.0 Å². The highest BCUT2D eigenvalue weighted by atomic mass is 19.1. The fraction of sp³-hybridized carbons (Fsp3) is 0.286. The molecule has 3 heterocycles. The first-order chi connectivity index (χ1) is 13.6. The molecule has 0 radical (unpaired) electrons. The van der Waals surface area contributed by atoms with Gasteiger partial charge in [-0.2, -0.15) is 0 Å². The van der Waals surface area contributed by atoms with Crippen LogP contribution in [0.25, 0.3) is 5.57 Å². The van der Waals surface area contributed by atoms with E-state index in [2.05, 4.69) is 10.3 Å². The van der Waals surface area contributed by atoms with Crippen LogP contribution in [0.3, 0.4) is 0 Å². The molecule has 0 unspecified atom stereocenters. The van der Waals surface area contributed by atoms with Crippen LogP contribution in [0.15, 0.2) is 48.3 Å². The van der Waals surface area contributed by atoms with E-state index in [1.807, 2.05) is 12.1 Å². The summed E-state index contributed by atoms with van der Waals surface area (Å²) in [5.74, 6) is -1.81. The molecule has 2 aliphatic heterocycles. The summed E-state index contributed by atoms with van der Waals surface area (Å²) < 4.78 is 25.0. The molecule has 144 valence electrons. The van der Waals surface area contributed by atoms with Crippen LogP contribution in [0, 0.1) is 5.82 Å². The quantitative estimate of drug-likeness (QED) is 0.803. The van der Waals surface area contributed by atoms with Crippen LogP contribution in [0.2, 0.25) is 0 Å². The van der Waals surface area contributed by atoms with Crippen molar-refractivity contribution in [1.82, 2.24) is 4.98 Å². The zero-order valence-electron chi connectivity index (χ0n) is 15.3. The molecule has 7 heteroatoms. The second-order valence-corrected chi connectivity index (χ2v) is 6.62. The zero-order chi connectivity index (χ0) is 19.7. The molecule has 0 spiro atoms. The number of carbonyl (C=O) groups is 2. The molecule has 2 aromatic rings. The lowest BCUT2D eigenvalue weighted by molar-refractivity contribution is -0.113. The molecular formula is C21H19FN2O4. The molecular weight excluding hydrogens is 363 g/mol. The molecule has 4 rings (SSSR count). The van der Waals surface area contributed by atoms with Crippen molar-refractivity contribution in [1.29, 1.82) is 0 Å². The topological polar surface area (TPSA) is 77.5 Å². The Labute approximate surface area is 161 Å². The Morgan fingerprint density at radius 3 is 2.68 bits per heavy atom. The van der Waals surface area contributed by atoms with Crippen molar-refractivity contribution >= 4 is 23.1 Å². The van der Waals surface area contributed by atoms with Crippen molar-refractivity contribution in [3.05, 3.63) is 65.2 Å². The maximum absolute atomic E-state index is 14.2.